The summed E-state index contributed by atoms with van der Waals surface area (Å²) < 4.78 is 1.10. The SMILES string of the molecule is CC(C)CC(C)N(C)c1ccc(CN)c(Br)c1. The van der Waals surface area contributed by atoms with Gasteiger partial charge in [0.15, 0.2) is 0 Å². The van der Waals surface area contributed by atoms with Crippen molar-refractivity contribution < 1.29 is 0 Å². The van der Waals surface area contributed by atoms with Crippen LogP contribution in [0.25, 0.3) is 0 Å². The maximum Gasteiger partial charge on any atom is 0.0377 e. The van der Waals surface area contributed by atoms with Crippen molar-refractivity contribution >= 4 is 21.6 Å². The van der Waals surface area contributed by atoms with Gasteiger partial charge in [0.05, 0.1) is 0 Å². The Labute approximate surface area is 113 Å². The van der Waals surface area contributed by atoms with Gasteiger partial charge >= 0.3 is 0 Å². The fourth-order valence-corrected chi connectivity index (χ4v) is 2.54. The van der Waals surface area contributed by atoms with Crippen molar-refractivity contribution in [3.63, 3.8) is 0 Å². The van der Waals surface area contributed by atoms with Crippen molar-refractivity contribution in [3.8, 4) is 0 Å². The van der Waals surface area contributed by atoms with E-state index in [0.717, 1.165) is 16.0 Å². The highest BCUT2D eigenvalue weighted by Crippen LogP contribution is 2.25. The summed E-state index contributed by atoms with van der Waals surface area (Å²) in [7, 11) is 2.15. The lowest BCUT2D eigenvalue weighted by Gasteiger charge is -2.28. The highest BCUT2D eigenvalue weighted by atomic mass is 79.9. The zero-order chi connectivity index (χ0) is 13.0. The topological polar surface area (TPSA) is 29.3 Å². The third kappa shape index (κ3) is 4.00. The fourth-order valence-electron chi connectivity index (χ4n) is 2.02. The Hall–Kier alpha value is -0.540. The van der Waals surface area contributed by atoms with Gasteiger partial charge < -0.3 is 10.6 Å². The molecule has 1 aromatic carbocycles. The lowest BCUT2D eigenvalue weighted by atomic mass is 10.0. The molecule has 2 N–H and O–H groups in total. The van der Waals surface area contributed by atoms with Crippen molar-refractivity contribution in [1.82, 2.24) is 0 Å². The Kier molecular flexibility index (Phi) is 5.47. The van der Waals surface area contributed by atoms with Crippen LogP contribution in [0, 0.1) is 5.92 Å². The number of benzene rings is 1. The quantitative estimate of drug-likeness (QED) is 0.896. The van der Waals surface area contributed by atoms with E-state index in [2.05, 4.69) is 66.8 Å². The zero-order valence-corrected chi connectivity index (χ0v) is 12.8. The summed E-state index contributed by atoms with van der Waals surface area (Å²) in [6, 6.07) is 6.94. The molecule has 0 bridgehead atoms. The number of nitrogens with zero attached hydrogens (tertiary/aromatic N) is 1. The molecule has 1 aromatic rings. The molecule has 17 heavy (non-hydrogen) atoms. The van der Waals surface area contributed by atoms with Crippen LogP contribution in [0.5, 0.6) is 0 Å². The van der Waals surface area contributed by atoms with Gasteiger partial charge in [-0.3, -0.25) is 0 Å². The molecule has 0 saturated carbocycles. The van der Waals surface area contributed by atoms with E-state index in [1.165, 1.54) is 12.1 Å². The van der Waals surface area contributed by atoms with E-state index in [1.807, 2.05) is 0 Å². The molecule has 2 nitrogen and oxygen atoms in total. The Morgan fingerprint density at radius 1 is 1.29 bits per heavy atom. The first-order valence-corrected chi connectivity index (χ1v) is 6.96. The van der Waals surface area contributed by atoms with E-state index < -0.39 is 0 Å². The molecule has 1 rings (SSSR count). The van der Waals surface area contributed by atoms with E-state index in [1.54, 1.807) is 0 Å². The van der Waals surface area contributed by atoms with Crippen molar-refractivity contribution in [3.05, 3.63) is 28.2 Å². The maximum atomic E-state index is 5.66. The number of nitrogens with two attached hydrogens (primary N) is 1. The normalized spacial score (nSPS) is 12.9. The van der Waals surface area contributed by atoms with E-state index in [9.17, 15) is 0 Å². The smallest absolute Gasteiger partial charge is 0.0377 e. The van der Waals surface area contributed by atoms with Crippen LogP contribution in [0.2, 0.25) is 0 Å². The van der Waals surface area contributed by atoms with Gasteiger partial charge in [-0.15, -0.1) is 0 Å². The van der Waals surface area contributed by atoms with Gasteiger partial charge in [-0.05, 0) is 37.0 Å². The fraction of sp³-hybridized carbons (Fsp3) is 0.571. The second-order valence-electron chi connectivity index (χ2n) is 5.07. The Morgan fingerprint density at radius 3 is 2.41 bits per heavy atom. The standard InChI is InChI=1S/C14H23BrN2/c1-10(2)7-11(3)17(4)13-6-5-12(9-16)14(15)8-13/h5-6,8,10-11H,7,9,16H2,1-4H3. The molecule has 0 radical (unpaired) electrons. The van der Waals surface area contributed by atoms with Crippen LogP contribution in [0.3, 0.4) is 0 Å². The molecule has 0 spiro atoms. The average molecular weight is 299 g/mol. The predicted molar refractivity (Wildman–Crippen MR) is 79.4 cm³/mol. The van der Waals surface area contributed by atoms with E-state index in [4.69, 9.17) is 5.73 Å². The van der Waals surface area contributed by atoms with Crippen molar-refractivity contribution in [2.45, 2.75) is 39.8 Å². The molecule has 3 heteroatoms. The summed E-state index contributed by atoms with van der Waals surface area (Å²) in [6.45, 7) is 7.37. The Bertz CT molecular complexity index is 363. The third-order valence-corrected chi connectivity index (χ3v) is 3.88. The van der Waals surface area contributed by atoms with Crippen LogP contribution >= 0.6 is 15.9 Å². The molecule has 0 aliphatic heterocycles. The number of hydrogen-bond donors (Lipinski definition) is 1. The minimum atomic E-state index is 0.547. The van der Waals surface area contributed by atoms with Crippen LogP contribution < -0.4 is 10.6 Å². The van der Waals surface area contributed by atoms with Crippen molar-refractivity contribution in [1.29, 1.82) is 0 Å². The molecule has 1 unspecified atom stereocenters. The third-order valence-electron chi connectivity index (χ3n) is 3.14. The van der Waals surface area contributed by atoms with Crippen LogP contribution in [0.1, 0.15) is 32.8 Å². The summed E-state index contributed by atoms with van der Waals surface area (Å²) in [6.07, 6.45) is 1.20. The largest absolute Gasteiger partial charge is 0.372 e. The summed E-state index contributed by atoms with van der Waals surface area (Å²) in [5, 5.41) is 0. The lowest BCUT2D eigenvalue weighted by Crippen LogP contribution is -2.30. The molecule has 1 atom stereocenters. The first kappa shape index (κ1) is 14.5. The van der Waals surface area contributed by atoms with Crippen molar-refractivity contribution in [2.24, 2.45) is 11.7 Å². The molecule has 96 valence electrons. The van der Waals surface area contributed by atoms with Gasteiger partial charge in [0.2, 0.25) is 0 Å². The average Bonchev–Trinajstić information content (AvgIpc) is 2.27. The predicted octanol–water partition coefficient (Wildman–Crippen LogP) is 3.78. The van der Waals surface area contributed by atoms with Gasteiger partial charge in [-0.1, -0.05) is 35.8 Å². The van der Waals surface area contributed by atoms with E-state index in [-0.39, 0.29) is 0 Å². The van der Waals surface area contributed by atoms with E-state index in [0.29, 0.717) is 12.6 Å². The van der Waals surface area contributed by atoms with Crippen LogP contribution in [-0.2, 0) is 6.54 Å². The number of hydrogen-bond acceptors (Lipinski definition) is 2. The first-order chi connectivity index (χ1) is 7.95. The maximum absolute atomic E-state index is 5.66. The van der Waals surface area contributed by atoms with E-state index >= 15 is 0 Å². The molecule has 0 fully saturated rings. The molecule has 0 saturated heterocycles. The van der Waals surface area contributed by atoms with Crippen LogP contribution in [0.15, 0.2) is 22.7 Å². The monoisotopic (exact) mass is 298 g/mol. The molecule has 0 aliphatic carbocycles. The molecule has 0 aromatic heterocycles. The molecule has 0 aliphatic rings. The van der Waals surface area contributed by atoms with Gasteiger partial charge in [-0.2, -0.15) is 0 Å². The van der Waals surface area contributed by atoms with Gasteiger partial charge in [0, 0.05) is 29.8 Å². The molecular formula is C14H23BrN2. The van der Waals surface area contributed by atoms with Gasteiger partial charge in [0.1, 0.15) is 0 Å². The second-order valence-corrected chi connectivity index (χ2v) is 5.92. The first-order valence-electron chi connectivity index (χ1n) is 6.17. The molecule has 0 heterocycles. The summed E-state index contributed by atoms with van der Waals surface area (Å²) in [5.41, 5.74) is 8.05. The zero-order valence-electron chi connectivity index (χ0n) is 11.2. The highest BCUT2D eigenvalue weighted by Gasteiger charge is 2.12. The van der Waals surface area contributed by atoms with Crippen LogP contribution in [0.4, 0.5) is 5.69 Å². The van der Waals surface area contributed by atoms with Crippen molar-refractivity contribution in [2.75, 3.05) is 11.9 Å². The van der Waals surface area contributed by atoms with Crippen LogP contribution in [-0.4, -0.2) is 13.1 Å². The molecular weight excluding hydrogens is 276 g/mol. The van der Waals surface area contributed by atoms with Gasteiger partial charge in [-0.25, -0.2) is 0 Å². The number of anilines is 1. The minimum absolute atomic E-state index is 0.547. The molecule has 0 amide bonds. The minimum Gasteiger partial charge on any atom is -0.372 e. The number of halogens is 1. The Morgan fingerprint density at radius 2 is 1.94 bits per heavy atom. The summed E-state index contributed by atoms with van der Waals surface area (Å²) in [4.78, 5) is 2.32. The summed E-state index contributed by atoms with van der Waals surface area (Å²) >= 11 is 3.57. The van der Waals surface area contributed by atoms with Gasteiger partial charge in [0.25, 0.3) is 0 Å². The number of rotatable bonds is 5. The second kappa shape index (κ2) is 6.41. The lowest BCUT2D eigenvalue weighted by molar-refractivity contribution is 0.504. The Balaban J connectivity index is 2.82. The summed E-state index contributed by atoms with van der Waals surface area (Å²) in [5.74, 6) is 0.721. The highest BCUT2D eigenvalue weighted by molar-refractivity contribution is 9.10.